The number of nitrogens with one attached hydrogen (secondary N) is 1. The molecule has 1 N–H and O–H groups in total. The Bertz CT molecular complexity index is 4110. The van der Waals surface area contributed by atoms with Crippen molar-refractivity contribution in [2.24, 2.45) is 7.05 Å². The van der Waals surface area contributed by atoms with Gasteiger partial charge in [0.2, 0.25) is 0 Å². The van der Waals surface area contributed by atoms with Gasteiger partial charge in [-0.05, 0) is 140 Å². The summed E-state index contributed by atoms with van der Waals surface area (Å²) in [4.78, 5) is 5.35. The zero-order valence-corrected chi connectivity index (χ0v) is 43.5. The molecule has 14 rings (SSSR count). The van der Waals surface area contributed by atoms with Crippen LogP contribution in [0.3, 0.4) is 0 Å². The number of rotatable bonds is 4. The highest BCUT2D eigenvalue weighted by Crippen LogP contribution is 2.53. The summed E-state index contributed by atoms with van der Waals surface area (Å²) in [6.07, 6.45) is 2.40. The van der Waals surface area contributed by atoms with Crippen molar-refractivity contribution in [2.45, 2.75) is 96.8 Å². The van der Waals surface area contributed by atoms with Gasteiger partial charge in [-0.3, -0.25) is 0 Å². The van der Waals surface area contributed by atoms with E-state index in [-0.39, 0.29) is 21.7 Å². The van der Waals surface area contributed by atoms with Gasteiger partial charge < -0.3 is 14.5 Å². The van der Waals surface area contributed by atoms with Crippen molar-refractivity contribution in [1.82, 2.24) is 14.1 Å². The van der Waals surface area contributed by atoms with E-state index >= 15 is 0 Å². The maximum absolute atomic E-state index is 5.35. The molecule has 348 valence electrons. The van der Waals surface area contributed by atoms with Crippen molar-refractivity contribution in [1.29, 1.82) is 0 Å². The average Bonchev–Trinajstić information content (AvgIpc) is 4.05. The van der Waals surface area contributed by atoms with Crippen molar-refractivity contribution < 1.29 is 0 Å². The van der Waals surface area contributed by atoms with Crippen molar-refractivity contribution in [3.63, 3.8) is 0 Å². The first-order chi connectivity index (χ1) is 33.9. The summed E-state index contributed by atoms with van der Waals surface area (Å²) in [5, 5.41) is 9.35. The van der Waals surface area contributed by atoms with E-state index in [1.807, 2.05) is 11.3 Å². The molecule has 11 aromatic rings. The van der Waals surface area contributed by atoms with Crippen LogP contribution in [0.4, 0.5) is 11.4 Å². The van der Waals surface area contributed by atoms with Gasteiger partial charge in [-0.1, -0.05) is 147 Å². The Morgan fingerprint density at radius 1 is 0.592 bits per heavy atom. The minimum atomic E-state index is -0.112. The van der Waals surface area contributed by atoms with Gasteiger partial charge in [0.25, 0.3) is 0 Å². The molecule has 3 aliphatic rings. The molecule has 0 radical (unpaired) electrons. The van der Waals surface area contributed by atoms with E-state index in [1.165, 1.54) is 122 Å². The molecule has 0 unspecified atom stereocenters. The van der Waals surface area contributed by atoms with Crippen LogP contribution in [-0.2, 0) is 28.7 Å². The Hall–Kier alpha value is -6.89. The molecule has 0 bridgehead atoms. The van der Waals surface area contributed by atoms with E-state index in [1.54, 1.807) is 0 Å². The van der Waals surface area contributed by atoms with E-state index in [9.17, 15) is 0 Å². The lowest BCUT2D eigenvalue weighted by atomic mass is 9.59. The van der Waals surface area contributed by atoms with Gasteiger partial charge in [-0.25, -0.2) is 4.98 Å². The van der Waals surface area contributed by atoms with Crippen molar-refractivity contribution in [2.75, 3.05) is 5.32 Å². The van der Waals surface area contributed by atoms with Crippen molar-refractivity contribution in [3.05, 3.63) is 167 Å². The number of benzene rings is 8. The summed E-state index contributed by atoms with van der Waals surface area (Å²) < 4.78 is 7.59. The summed E-state index contributed by atoms with van der Waals surface area (Å²) in [6, 6.07) is 53.6. The molecule has 6 heteroatoms. The first kappa shape index (κ1) is 42.9. The fourth-order valence-electron chi connectivity index (χ4n) is 13.1. The maximum atomic E-state index is 5.35. The van der Waals surface area contributed by atoms with E-state index < -0.39 is 0 Å². The average molecular weight is 939 g/mol. The molecule has 8 aromatic carbocycles. The number of hydrogen-bond donors (Lipinski definition) is 1. The van der Waals surface area contributed by atoms with Gasteiger partial charge in [0, 0.05) is 77.1 Å². The number of hydrogen-bond acceptors (Lipinski definition) is 3. The van der Waals surface area contributed by atoms with Crippen LogP contribution in [0, 0.1) is 0 Å². The Morgan fingerprint density at radius 3 is 2.04 bits per heavy atom. The molecule has 0 fully saturated rings. The molecule has 4 nitrogen and oxygen atoms in total. The largest absolute Gasteiger partial charge is 0.355 e. The first-order valence-corrected chi connectivity index (χ1v) is 26.5. The smallest absolute Gasteiger partial charge is 0.198 e. The van der Waals surface area contributed by atoms with Gasteiger partial charge in [0.05, 0.1) is 16.6 Å². The summed E-state index contributed by atoms with van der Waals surface area (Å²) in [5.41, 5.74) is 24.5. The molecule has 0 spiro atoms. The van der Waals surface area contributed by atoms with Crippen LogP contribution in [-0.4, -0.2) is 21.4 Å². The van der Waals surface area contributed by atoms with Crippen molar-refractivity contribution >= 4 is 93.9 Å². The van der Waals surface area contributed by atoms with Crippen LogP contribution < -0.4 is 16.2 Å². The molecular weight excluding hydrogens is 880 g/mol. The fraction of sp³-hybridized carbons (Fsp3) is 0.246. The molecule has 3 aromatic heterocycles. The number of thiophene rings is 1. The Kier molecular flexibility index (Phi) is 8.70. The molecule has 4 heterocycles. The third kappa shape index (κ3) is 6.13. The normalized spacial score (nSPS) is 16.1. The van der Waals surface area contributed by atoms with Gasteiger partial charge >= 0.3 is 0 Å². The van der Waals surface area contributed by atoms with E-state index in [0.717, 1.165) is 41.1 Å². The lowest BCUT2D eigenvalue weighted by Gasteiger charge is -2.41. The van der Waals surface area contributed by atoms with Gasteiger partial charge in [-0.15, -0.1) is 11.3 Å². The van der Waals surface area contributed by atoms with Crippen LogP contribution in [0.15, 0.2) is 140 Å². The van der Waals surface area contributed by atoms with Gasteiger partial charge in [-0.2, -0.15) is 0 Å². The van der Waals surface area contributed by atoms with Gasteiger partial charge in [0.1, 0.15) is 5.82 Å². The highest BCUT2D eigenvalue weighted by Gasteiger charge is 2.39. The van der Waals surface area contributed by atoms with Crippen LogP contribution in [0.25, 0.3) is 92.3 Å². The number of nitrogens with zero attached hydrogens (tertiary/aromatic N) is 3. The van der Waals surface area contributed by atoms with Crippen LogP contribution in [0.1, 0.15) is 103 Å². The Morgan fingerprint density at radius 2 is 1.28 bits per heavy atom. The number of aryl methyl sites for hydroxylation is 1. The van der Waals surface area contributed by atoms with E-state index in [0.29, 0.717) is 0 Å². The van der Waals surface area contributed by atoms with E-state index in [4.69, 9.17) is 4.98 Å². The number of aromatic nitrogens is 3. The summed E-state index contributed by atoms with van der Waals surface area (Å²) >= 11 is 1.94. The standard InChI is InChI=1S/C65H59BN4S/c1-62(2,3)37-20-22-38(23-21-37)67-52-34-58-45(46-30-49-50(32-57(46)71-58)64(6,7)27-26-63(49,4)5)28-43(52)40-24-25-41-44-29-48-42(39-18-14-15-19-47(39)65(48,8)9)31-54(44)70-55-35-56-53(33-51(55)66-59(40)60(41)70)68-61(69(56)10)36-16-12-11-13-17-36/h11-25,28-35,66-67H,26-27H2,1-10H3. The highest BCUT2D eigenvalue weighted by molar-refractivity contribution is 7.25. The molecule has 0 saturated heterocycles. The zero-order chi connectivity index (χ0) is 48.7. The minimum Gasteiger partial charge on any atom is -0.355 e. The van der Waals surface area contributed by atoms with Crippen molar-refractivity contribution in [3.8, 4) is 39.3 Å². The summed E-state index contributed by atoms with van der Waals surface area (Å²) in [7, 11) is 2.96. The maximum Gasteiger partial charge on any atom is 0.198 e. The Labute approximate surface area is 421 Å². The van der Waals surface area contributed by atoms with Crippen LogP contribution in [0.5, 0.6) is 0 Å². The lowest BCUT2D eigenvalue weighted by Crippen LogP contribution is -2.37. The van der Waals surface area contributed by atoms with Crippen LogP contribution >= 0.6 is 11.3 Å². The highest BCUT2D eigenvalue weighted by atomic mass is 32.1. The molecule has 1 aliphatic heterocycles. The molecule has 0 atom stereocenters. The number of imidazole rings is 1. The fourth-order valence-corrected chi connectivity index (χ4v) is 14.3. The number of anilines is 2. The van der Waals surface area contributed by atoms with Crippen LogP contribution in [0.2, 0.25) is 0 Å². The molecular formula is C65H59BN4S. The second-order valence-corrected chi connectivity index (χ2v) is 25.1. The molecule has 2 aliphatic carbocycles. The second kappa shape index (κ2) is 14.4. The lowest BCUT2D eigenvalue weighted by molar-refractivity contribution is 0.332. The predicted molar refractivity (Wildman–Crippen MR) is 307 cm³/mol. The SMILES string of the molecule is Cn1c(-c2ccccc2)nc2cc3c(cc21)-n1c2cc4c(cc2c2ccc(-c5cc6c(cc5Nc5ccc(C(C)(C)C)cc5)sc5cc7c(cc56)C(C)(C)CCC7(C)C)c(c21)B3)C(C)(C)c1ccccc1-4. The summed E-state index contributed by atoms with van der Waals surface area (Å²) in [6.45, 7) is 21.5. The topological polar surface area (TPSA) is 34.8 Å². The monoisotopic (exact) mass is 938 g/mol. The van der Waals surface area contributed by atoms with Gasteiger partial charge in [0.15, 0.2) is 7.28 Å². The molecule has 0 amide bonds. The first-order valence-electron chi connectivity index (χ1n) is 25.7. The zero-order valence-electron chi connectivity index (χ0n) is 42.7. The Balaban J connectivity index is 1.06. The predicted octanol–water partition coefficient (Wildman–Crippen LogP) is 15.8. The van der Waals surface area contributed by atoms with E-state index in [2.05, 4.69) is 223 Å². The molecule has 0 saturated carbocycles. The third-order valence-electron chi connectivity index (χ3n) is 17.4. The second-order valence-electron chi connectivity index (χ2n) is 24.0. The minimum absolute atomic E-state index is 0.0675. The summed E-state index contributed by atoms with van der Waals surface area (Å²) in [5.74, 6) is 0.982. The number of fused-ring (bicyclic) bond motifs is 13. The molecule has 71 heavy (non-hydrogen) atoms. The quantitative estimate of drug-likeness (QED) is 0.178. The third-order valence-corrected chi connectivity index (χ3v) is 18.5.